The molecule has 0 atom stereocenters. The Balaban J connectivity index is 1.44. The summed E-state index contributed by atoms with van der Waals surface area (Å²) in [4.78, 5) is 20.9. The molecule has 0 aliphatic carbocycles. The summed E-state index contributed by atoms with van der Waals surface area (Å²) in [5.41, 5.74) is 4.08. The predicted octanol–water partition coefficient (Wildman–Crippen LogP) is 3.86. The highest BCUT2D eigenvalue weighted by Gasteiger charge is 2.14. The van der Waals surface area contributed by atoms with Gasteiger partial charge in [-0.05, 0) is 49.2 Å². The van der Waals surface area contributed by atoms with Crippen molar-refractivity contribution in [1.29, 1.82) is 0 Å². The topological polar surface area (TPSA) is 85.4 Å². The van der Waals surface area contributed by atoms with Crippen LogP contribution in [0.2, 0.25) is 0 Å². The second kappa shape index (κ2) is 7.56. The van der Waals surface area contributed by atoms with Crippen LogP contribution in [0.25, 0.3) is 0 Å². The lowest BCUT2D eigenvalue weighted by molar-refractivity contribution is 0.102. The van der Waals surface area contributed by atoms with Crippen LogP contribution in [-0.4, -0.2) is 29.1 Å². The molecule has 0 saturated heterocycles. The highest BCUT2D eigenvalue weighted by molar-refractivity contribution is 6.02. The third kappa shape index (κ3) is 4.03. The van der Waals surface area contributed by atoms with Gasteiger partial charge in [0.1, 0.15) is 24.7 Å². The van der Waals surface area contributed by atoms with Gasteiger partial charge in [0.05, 0.1) is 12.4 Å². The highest BCUT2D eigenvalue weighted by Crippen LogP contribution is 2.32. The summed E-state index contributed by atoms with van der Waals surface area (Å²) < 4.78 is 11.0. The molecule has 4 rings (SSSR count). The molecule has 2 aromatic carbocycles. The van der Waals surface area contributed by atoms with Crippen molar-refractivity contribution < 1.29 is 14.3 Å². The molecule has 142 valence electrons. The molecular weight excluding hydrogens is 356 g/mol. The Morgan fingerprint density at radius 1 is 0.893 bits per heavy atom. The molecule has 7 nitrogen and oxygen atoms in total. The number of aromatic nitrogens is 2. The summed E-state index contributed by atoms with van der Waals surface area (Å²) in [6.45, 7) is 5.09. The minimum atomic E-state index is -0.345. The maximum Gasteiger partial charge on any atom is 0.275 e. The summed E-state index contributed by atoms with van der Waals surface area (Å²) in [6.07, 6.45) is 2.98. The van der Waals surface area contributed by atoms with Gasteiger partial charge in [-0.3, -0.25) is 4.79 Å². The third-order valence-electron chi connectivity index (χ3n) is 4.18. The lowest BCUT2D eigenvalue weighted by Gasteiger charge is -2.18. The maximum absolute atomic E-state index is 12.4. The van der Waals surface area contributed by atoms with Crippen LogP contribution in [0.15, 0.2) is 48.8 Å². The zero-order valence-corrected chi connectivity index (χ0v) is 15.7. The fourth-order valence-electron chi connectivity index (χ4n) is 3.02. The Morgan fingerprint density at radius 3 is 2.36 bits per heavy atom. The average Bonchev–Trinajstić information content (AvgIpc) is 2.67. The van der Waals surface area contributed by atoms with E-state index in [2.05, 4.69) is 26.7 Å². The van der Waals surface area contributed by atoms with Crippen molar-refractivity contribution >= 4 is 23.1 Å². The first-order valence-electron chi connectivity index (χ1n) is 8.95. The summed E-state index contributed by atoms with van der Waals surface area (Å²) in [6, 6.07) is 11.4. The summed E-state index contributed by atoms with van der Waals surface area (Å²) in [5.74, 6) is 1.51. The molecule has 1 amide bonds. The monoisotopic (exact) mass is 376 g/mol. The van der Waals surface area contributed by atoms with Crippen LogP contribution in [0, 0.1) is 13.8 Å². The Bertz CT molecular complexity index is 998. The summed E-state index contributed by atoms with van der Waals surface area (Å²) >= 11 is 0. The average molecular weight is 376 g/mol. The Hall–Kier alpha value is -3.61. The van der Waals surface area contributed by atoms with E-state index in [0.29, 0.717) is 36.2 Å². The van der Waals surface area contributed by atoms with E-state index in [1.165, 1.54) is 12.4 Å². The van der Waals surface area contributed by atoms with E-state index in [-0.39, 0.29) is 11.6 Å². The number of carbonyl (C=O) groups is 1. The van der Waals surface area contributed by atoms with Crippen molar-refractivity contribution in [3.63, 3.8) is 0 Å². The van der Waals surface area contributed by atoms with E-state index in [1.54, 1.807) is 18.2 Å². The zero-order chi connectivity index (χ0) is 19.5. The molecule has 1 aromatic heterocycles. The molecule has 28 heavy (non-hydrogen) atoms. The molecule has 1 aliphatic rings. The number of carbonyl (C=O) groups excluding carboxylic acids is 1. The van der Waals surface area contributed by atoms with Crippen molar-refractivity contribution in [3.8, 4) is 11.5 Å². The molecule has 0 bridgehead atoms. The lowest BCUT2D eigenvalue weighted by atomic mass is 10.1. The molecule has 0 unspecified atom stereocenters. The minimum Gasteiger partial charge on any atom is -0.486 e. The number of nitrogens with zero attached hydrogens (tertiary/aromatic N) is 2. The van der Waals surface area contributed by atoms with Crippen LogP contribution >= 0.6 is 0 Å². The number of aryl methyl sites for hydroxylation is 2. The van der Waals surface area contributed by atoms with Crippen molar-refractivity contribution in [2.45, 2.75) is 13.8 Å². The van der Waals surface area contributed by atoms with Crippen LogP contribution in [0.4, 0.5) is 17.2 Å². The number of nitrogens with one attached hydrogen (secondary N) is 2. The van der Waals surface area contributed by atoms with Gasteiger partial charge in [0.25, 0.3) is 5.91 Å². The van der Waals surface area contributed by atoms with Gasteiger partial charge in [-0.25, -0.2) is 9.97 Å². The molecule has 7 heteroatoms. The van der Waals surface area contributed by atoms with Gasteiger partial charge in [0.2, 0.25) is 0 Å². The molecule has 0 radical (unpaired) electrons. The fraction of sp³-hybridized carbons (Fsp3) is 0.190. The van der Waals surface area contributed by atoms with E-state index >= 15 is 0 Å². The molecule has 0 spiro atoms. The minimum absolute atomic E-state index is 0.223. The number of hydrogen-bond acceptors (Lipinski definition) is 6. The van der Waals surface area contributed by atoms with Crippen molar-refractivity contribution in [1.82, 2.24) is 9.97 Å². The number of rotatable bonds is 4. The van der Waals surface area contributed by atoms with Gasteiger partial charge in [-0.15, -0.1) is 0 Å². The van der Waals surface area contributed by atoms with E-state index in [1.807, 2.05) is 26.0 Å². The Morgan fingerprint density at radius 2 is 1.64 bits per heavy atom. The Labute approximate surface area is 162 Å². The standard InChI is InChI=1S/C21H20N4O3/c1-13-7-14(2)9-16(8-13)24-20-12-22-17(11-23-20)21(26)25-15-3-4-18-19(10-15)28-6-5-27-18/h3-4,7-12H,5-6H2,1-2H3,(H,23,24)(H,25,26). The van der Waals surface area contributed by atoms with Gasteiger partial charge < -0.3 is 20.1 Å². The van der Waals surface area contributed by atoms with E-state index < -0.39 is 0 Å². The van der Waals surface area contributed by atoms with E-state index in [4.69, 9.17) is 9.47 Å². The maximum atomic E-state index is 12.4. The van der Waals surface area contributed by atoms with E-state index in [0.717, 1.165) is 16.8 Å². The predicted molar refractivity (Wildman–Crippen MR) is 107 cm³/mol. The van der Waals surface area contributed by atoms with Gasteiger partial charge in [0, 0.05) is 17.4 Å². The molecule has 0 saturated carbocycles. The van der Waals surface area contributed by atoms with Crippen LogP contribution in [0.3, 0.4) is 0 Å². The fourth-order valence-corrected chi connectivity index (χ4v) is 3.02. The van der Waals surface area contributed by atoms with Crippen LogP contribution in [0.5, 0.6) is 11.5 Å². The number of benzene rings is 2. The number of amides is 1. The van der Waals surface area contributed by atoms with E-state index in [9.17, 15) is 4.79 Å². The largest absolute Gasteiger partial charge is 0.486 e. The second-order valence-electron chi connectivity index (χ2n) is 6.60. The number of ether oxygens (including phenoxy) is 2. The first kappa shape index (κ1) is 17.8. The van der Waals surface area contributed by atoms with Gasteiger partial charge in [-0.1, -0.05) is 6.07 Å². The molecule has 0 fully saturated rings. The first-order valence-corrected chi connectivity index (χ1v) is 8.95. The normalized spacial score (nSPS) is 12.4. The lowest BCUT2D eigenvalue weighted by Crippen LogP contribution is -2.17. The zero-order valence-electron chi connectivity index (χ0n) is 15.7. The highest BCUT2D eigenvalue weighted by atomic mass is 16.6. The molecular formula is C21H20N4O3. The van der Waals surface area contributed by atoms with Gasteiger partial charge in [0.15, 0.2) is 11.5 Å². The van der Waals surface area contributed by atoms with Crippen molar-refractivity contribution in [2.24, 2.45) is 0 Å². The smallest absolute Gasteiger partial charge is 0.275 e. The second-order valence-corrected chi connectivity index (χ2v) is 6.60. The Kier molecular flexibility index (Phi) is 4.80. The van der Waals surface area contributed by atoms with Crippen molar-refractivity contribution in [2.75, 3.05) is 23.8 Å². The summed E-state index contributed by atoms with van der Waals surface area (Å²) in [7, 11) is 0. The van der Waals surface area contributed by atoms with Gasteiger partial charge >= 0.3 is 0 Å². The molecule has 2 heterocycles. The third-order valence-corrected chi connectivity index (χ3v) is 4.18. The van der Waals surface area contributed by atoms with Crippen molar-refractivity contribution in [3.05, 3.63) is 65.6 Å². The number of fused-ring (bicyclic) bond motifs is 1. The molecule has 1 aliphatic heterocycles. The molecule has 2 N–H and O–H groups in total. The number of anilines is 3. The molecule has 3 aromatic rings. The van der Waals surface area contributed by atoms with Crippen LogP contribution in [0.1, 0.15) is 21.6 Å². The van der Waals surface area contributed by atoms with Crippen LogP contribution in [-0.2, 0) is 0 Å². The van der Waals surface area contributed by atoms with Crippen LogP contribution < -0.4 is 20.1 Å². The first-order chi connectivity index (χ1) is 13.6. The SMILES string of the molecule is Cc1cc(C)cc(Nc2cnc(C(=O)Nc3ccc4c(c3)OCCO4)cn2)c1. The van der Waals surface area contributed by atoms with Gasteiger partial charge in [-0.2, -0.15) is 0 Å². The summed E-state index contributed by atoms with van der Waals surface area (Å²) in [5, 5.41) is 5.99. The number of hydrogen-bond donors (Lipinski definition) is 2. The quantitative estimate of drug-likeness (QED) is 0.719.